The van der Waals surface area contributed by atoms with Crippen LogP contribution in [0.2, 0.25) is 18.1 Å². The normalized spacial score (nSPS) is 28.9. The van der Waals surface area contributed by atoms with Crippen molar-refractivity contribution in [2.24, 2.45) is 5.41 Å². The minimum atomic E-state index is -9.89. The highest BCUT2D eigenvalue weighted by Crippen LogP contribution is 3.02. The summed E-state index contributed by atoms with van der Waals surface area (Å²) >= 11 is 2.35. The first kappa shape index (κ1) is 34.5. The van der Waals surface area contributed by atoms with Crippen molar-refractivity contribution in [3.8, 4) is 0 Å². The second-order valence-corrected chi connectivity index (χ2v) is 23.9. The van der Waals surface area contributed by atoms with Gasteiger partial charge in [-0.1, -0.05) is 90.5 Å². The third kappa shape index (κ3) is 6.11. The molecular formula is C31H44F5IN2O3SSi. The summed E-state index contributed by atoms with van der Waals surface area (Å²) in [4.78, 5) is 7.25. The standard InChI is InChI=1S/C31H44F5IN2O3SSi/c1-18(2)27-25-26(24-21(39-27)14-30(6,7)15-22(24)42-44(8,9)29(3,4)5)31(12-13-40-17-23(31)37)41-28(25)20-11-10-19(16-38-20)43(32,33,34,35)36/h10-11,16,18,22-23,28H,12-15,17H2,1-9H3/t22-,23?,28+,31?/m0/s1. The Morgan fingerprint density at radius 1 is 1.09 bits per heavy atom. The first-order valence-corrected chi connectivity index (χ1v) is 21.2. The fourth-order valence-corrected chi connectivity index (χ4v) is 9.38. The van der Waals surface area contributed by atoms with E-state index in [9.17, 15) is 19.4 Å². The van der Waals surface area contributed by atoms with Crippen LogP contribution >= 0.6 is 32.8 Å². The Balaban J connectivity index is 1.79. The van der Waals surface area contributed by atoms with Crippen LogP contribution in [-0.2, 0) is 25.9 Å². The lowest BCUT2D eigenvalue weighted by Gasteiger charge is -2.47. The van der Waals surface area contributed by atoms with Crippen LogP contribution in [0.5, 0.6) is 0 Å². The first-order valence-electron chi connectivity index (χ1n) is 15.1. The van der Waals surface area contributed by atoms with E-state index in [1.165, 1.54) is 0 Å². The lowest BCUT2D eigenvalue weighted by atomic mass is 9.70. The van der Waals surface area contributed by atoms with Crippen LogP contribution < -0.4 is 0 Å². The summed E-state index contributed by atoms with van der Waals surface area (Å²) in [6, 6.07) is 1.45. The first-order chi connectivity index (χ1) is 19.8. The predicted molar refractivity (Wildman–Crippen MR) is 175 cm³/mol. The van der Waals surface area contributed by atoms with Gasteiger partial charge in [-0.05, 0) is 54.4 Å². The molecule has 4 atom stereocenters. The molecule has 0 saturated carbocycles. The smallest absolute Gasteiger partial charge is 0.311 e. The van der Waals surface area contributed by atoms with E-state index in [-0.39, 0.29) is 38.3 Å². The predicted octanol–water partition coefficient (Wildman–Crippen LogP) is 10.8. The highest BCUT2D eigenvalue weighted by atomic mass is 127. The minimum absolute atomic E-state index is 0.0427. The van der Waals surface area contributed by atoms with E-state index in [2.05, 4.69) is 75.3 Å². The number of alkyl halides is 1. The Hall–Kier alpha value is -0.873. The van der Waals surface area contributed by atoms with Crippen molar-refractivity contribution in [2.45, 2.75) is 118 Å². The van der Waals surface area contributed by atoms with E-state index in [4.69, 9.17) is 18.9 Å². The van der Waals surface area contributed by atoms with Crippen LogP contribution in [0.15, 0.2) is 23.2 Å². The van der Waals surface area contributed by atoms with E-state index < -0.39 is 35.1 Å². The topological polar surface area (TPSA) is 53.5 Å². The summed E-state index contributed by atoms with van der Waals surface area (Å²) in [5.41, 5.74) is 3.76. The van der Waals surface area contributed by atoms with E-state index >= 15 is 0 Å². The van der Waals surface area contributed by atoms with Crippen molar-refractivity contribution in [2.75, 3.05) is 13.2 Å². The molecule has 2 aromatic rings. The summed E-state index contributed by atoms with van der Waals surface area (Å²) in [6.07, 6.45) is 1.15. The van der Waals surface area contributed by atoms with Crippen molar-refractivity contribution in [3.05, 3.63) is 52.1 Å². The number of pyridine rings is 2. The molecule has 5 nitrogen and oxygen atoms in total. The average molecular weight is 775 g/mol. The average Bonchev–Trinajstić information content (AvgIpc) is 3.18. The van der Waals surface area contributed by atoms with Crippen LogP contribution in [0.4, 0.5) is 19.4 Å². The van der Waals surface area contributed by atoms with Crippen LogP contribution in [0.3, 0.4) is 0 Å². The maximum Gasteiger partial charge on any atom is 0.311 e. The van der Waals surface area contributed by atoms with Crippen LogP contribution in [0.1, 0.15) is 113 Å². The van der Waals surface area contributed by atoms with Gasteiger partial charge in [-0.25, -0.2) is 0 Å². The van der Waals surface area contributed by atoms with Crippen LogP contribution in [-0.4, -0.2) is 35.4 Å². The van der Waals surface area contributed by atoms with Gasteiger partial charge in [0.2, 0.25) is 0 Å². The Kier molecular flexibility index (Phi) is 7.89. The molecule has 1 fully saturated rings. The molecular weight excluding hydrogens is 730 g/mol. The highest BCUT2D eigenvalue weighted by molar-refractivity contribution is 14.1. The molecule has 0 radical (unpaired) electrons. The summed E-state index contributed by atoms with van der Waals surface area (Å²) in [5.74, 6) is -0.0448. The molecule has 0 aromatic carbocycles. The molecule has 2 aromatic heterocycles. The lowest BCUT2D eigenvalue weighted by Crippen LogP contribution is -2.47. The third-order valence-electron chi connectivity index (χ3n) is 9.75. The van der Waals surface area contributed by atoms with Gasteiger partial charge in [0.15, 0.2) is 8.32 Å². The number of fused-ring (bicyclic) bond motifs is 4. The SMILES string of the molecule is CC(C)c1nc2c(c3c1[C@@H](c1ccc(S(F)(F)(F)(F)F)cn1)OC31CCOCC1I)[C@@H](O[Si](C)(C)C(C)(C)C)CC(C)(C)C2. The Bertz CT molecular complexity index is 1470. The van der Waals surface area contributed by atoms with Gasteiger partial charge in [0.1, 0.15) is 16.6 Å². The zero-order valence-electron chi connectivity index (χ0n) is 26.9. The Morgan fingerprint density at radius 3 is 2.27 bits per heavy atom. The number of hydrogen-bond donors (Lipinski definition) is 0. The van der Waals surface area contributed by atoms with Gasteiger partial charge in [0.05, 0.1) is 22.3 Å². The lowest BCUT2D eigenvalue weighted by molar-refractivity contribution is -0.114. The van der Waals surface area contributed by atoms with Gasteiger partial charge in [-0.2, -0.15) is 0 Å². The van der Waals surface area contributed by atoms with Gasteiger partial charge in [-0.15, -0.1) is 0 Å². The number of rotatable bonds is 5. The molecule has 0 bridgehead atoms. The minimum Gasteiger partial charge on any atom is -0.410 e. The van der Waals surface area contributed by atoms with Gasteiger partial charge in [0, 0.05) is 47.3 Å². The third-order valence-corrected chi connectivity index (χ3v) is 16.7. The van der Waals surface area contributed by atoms with E-state index in [1.807, 2.05) is 13.8 Å². The summed E-state index contributed by atoms with van der Waals surface area (Å²) in [5, 5.41) is -0.0427. The quantitative estimate of drug-likeness (QED) is 0.131. The molecule has 1 spiro atoms. The Morgan fingerprint density at radius 2 is 1.75 bits per heavy atom. The molecule has 1 saturated heterocycles. The molecule has 2 unspecified atom stereocenters. The molecule has 1 aliphatic carbocycles. The van der Waals surface area contributed by atoms with Crippen molar-refractivity contribution in [1.82, 2.24) is 9.97 Å². The van der Waals surface area contributed by atoms with Gasteiger partial charge < -0.3 is 13.9 Å². The Labute approximate surface area is 272 Å². The van der Waals surface area contributed by atoms with Crippen molar-refractivity contribution < 1.29 is 33.3 Å². The van der Waals surface area contributed by atoms with Crippen molar-refractivity contribution in [3.63, 3.8) is 0 Å². The van der Waals surface area contributed by atoms with E-state index in [0.717, 1.165) is 47.0 Å². The van der Waals surface area contributed by atoms with Gasteiger partial charge in [0.25, 0.3) is 0 Å². The highest BCUT2D eigenvalue weighted by Gasteiger charge is 2.66. The summed E-state index contributed by atoms with van der Waals surface area (Å²) in [6.45, 7) is 20.5. The number of halogens is 6. The maximum atomic E-state index is 13.6. The zero-order chi connectivity index (χ0) is 33.0. The molecule has 3 aliphatic rings. The van der Waals surface area contributed by atoms with Gasteiger partial charge in [-0.3, -0.25) is 9.97 Å². The largest absolute Gasteiger partial charge is 0.410 e. The van der Waals surface area contributed by atoms with E-state index in [0.29, 0.717) is 25.7 Å². The number of nitrogens with zero attached hydrogens (tertiary/aromatic N) is 2. The van der Waals surface area contributed by atoms with Crippen LogP contribution in [0.25, 0.3) is 0 Å². The monoisotopic (exact) mass is 774 g/mol. The maximum absolute atomic E-state index is 13.6. The number of ether oxygens (including phenoxy) is 2. The zero-order valence-corrected chi connectivity index (χ0v) is 30.8. The molecule has 13 heteroatoms. The van der Waals surface area contributed by atoms with Crippen molar-refractivity contribution >= 4 is 41.1 Å². The fourth-order valence-electron chi connectivity index (χ4n) is 6.52. The molecule has 248 valence electrons. The molecule has 44 heavy (non-hydrogen) atoms. The summed E-state index contributed by atoms with van der Waals surface area (Å²) in [7, 11) is -12.2. The van der Waals surface area contributed by atoms with Crippen molar-refractivity contribution in [1.29, 1.82) is 0 Å². The number of aromatic nitrogens is 2. The van der Waals surface area contributed by atoms with Gasteiger partial charge >= 0.3 is 10.2 Å². The molecule has 5 rings (SSSR count). The molecule has 0 amide bonds. The molecule has 4 heterocycles. The molecule has 2 aliphatic heterocycles. The van der Waals surface area contributed by atoms with Crippen LogP contribution in [0, 0.1) is 5.41 Å². The second-order valence-electron chi connectivity index (χ2n) is 15.3. The second kappa shape index (κ2) is 10.1. The summed E-state index contributed by atoms with van der Waals surface area (Å²) < 4.78 is 88.0. The number of hydrogen-bond acceptors (Lipinski definition) is 5. The molecule has 0 N–H and O–H groups in total. The van der Waals surface area contributed by atoms with E-state index in [1.54, 1.807) is 0 Å². The fraction of sp³-hybridized carbons (Fsp3) is 0.677.